The Bertz CT molecular complexity index is 877. The maximum atomic E-state index is 13.5. The first kappa shape index (κ1) is 20.2. The molecule has 2 fully saturated rings. The number of carbonyl (C=O) groups excluding carboxylic acids is 1. The molecule has 1 saturated heterocycles. The lowest BCUT2D eigenvalue weighted by atomic mass is 9.97. The Morgan fingerprint density at radius 3 is 2.43 bits per heavy atom. The van der Waals surface area contributed by atoms with Gasteiger partial charge in [0.1, 0.15) is 0 Å². The van der Waals surface area contributed by atoms with Gasteiger partial charge in [-0.3, -0.25) is 13.9 Å². The second-order valence-electron chi connectivity index (χ2n) is 9.24. The standard InChI is InChI=1S/C23H31N3O3S/c27-23(25-22-18-6-1-4-16(18)12-17-5-2-7-19(17)22)20(13-24-30(28)29)21-8-3-11-26(21)14-15-9-10-15/h12-13,15,21,24H,1-11,14H2,(H,25,27)(H,28,29)/p-1. The van der Waals surface area contributed by atoms with Crippen LogP contribution in [0.1, 0.15) is 60.8 Å². The van der Waals surface area contributed by atoms with E-state index in [1.165, 1.54) is 41.3 Å². The maximum Gasteiger partial charge on any atom is 0.254 e. The van der Waals surface area contributed by atoms with E-state index in [-0.39, 0.29) is 11.9 Å². The maximum absolute atomic E-state index is 13.5. The van der Waals surface area contributed by atoms with E-state index in [1.807, 2.05) is 0 Å². The van der Waals surface area contributed by atoms with Gasteiger partial charge in [-0.15, -0.1) is 0 Å². The van der Waals surface area contributed by atoms with E-state index in [4.69, 9.17) is 0 Å². The Morgan fingerprint density at radius 1 is 1.10 bits per heavy atom. The molecule has 7 heteroatoms. The van der Waals surface area contributed by atoms with Crippen LogP contribution in [0.5, 0.6) is 0 Å². The van der Waals surface area contributed by atoms with E-state index in [1.54, 1.807) is 0 Å². The minimum atomic E-state index is -2.43. The van der Waals surface area contributed by atoms with E-state index < -0.39 is 11.3 Å². The second-order valence-corrected chi connectivity index (χ2v) is 9.94. The smallest absolute Gasteiger partial charge is 0.254 e. The number of hydrogen-bond donors (Lipinski definition) is 2. The Morgan fingerprint density at radius 2 is 1.80 bits per heavy atom. The number of likely N-dealkylation sites (tertiary alicyclic amines) is 1. The van der Waals surface area contributed by atoms with Gasteiger partial charge in [-0.05, 0) is 98.9 Å². The Hall–Kier alpha value is -1.70. The summed E-state index contributed by atoms with van der Waals surface area (Å²) in [5.41, 5.74) is 6.91. The number of amides is 1. The normalized spacial score (nSPS) is 24.6. The minimum absolute atomic E-state index is 0.0218. The van der Waals surface area contributed by atoms with Crippen molar-refractivity contribution in [1.82, 2.24) is 9.62 Å². The predicted octanol–water partition coefficient (Wildman–Crippen LogP) is 2.74. The summed E-state index contributed by atoms with van der Waals surface area (Å²) >= 11 is -2.43. The molecule has 1 aromatic carbocycles. The largest absolute Gasteiger partial charge is 0.755 e. The first-order chi connectivity index (χ1) is 14.6. The molecule has 0 radical (unpaired) electrons. The number of carbonyl (C=O) groups is 1. The summed E-state index contributed by atoms with van der Waals surface area (Å²) in [4.78, 5) is 15.9. The molecule has 0 bridgehead atoms. The summed E-state index contributed by atoms with van der Waals surface area (Å²) in [5, 5.41) is 3.26. The van der Waals surface area contributed by atoms with Crippen LogP contribution in [0, 0.1) is 5.92 Å². The molecule has 1 heterocycles. The predicted molar refractivity (Wildman–Crippen MR) is 117 cm³/mol. The summed E-state index contributed by atoms with van der Waals surface area (Å²) in [6.45, 7) is 1.98. The van der Waals surface area contributed by atoms with Gasteiger partial charge in [-0.1, -0.05) is 6.07 Å². The van der Waals surface area contributed by atoms with Gasteiger partial charge in [-0.2, -0.15) is 0 Å². The van der Waals surface area contributed by atoms with Crippen LogP contribution in [0.15, 0.2) is 17.8 Å². The summed E-state index contributed by atoms with van der Waals surface area (Å²) < 4.78 is 24.7. The van der Waals surface area contributed by atoms with E-state index in [0.717, 1.165) is 76.1 Å². The Kier molecular flexibility index (Phi) is 5.69. The van der Waals surface area contributed by atoms with Crippen molar-refractivity contribution in [3.8, 4) is 0 Å². The van der Waals surface area contributed by atoms with Gasteiger partial charge in [0.15, 0.2) is 0 Å². The molecule has 3 aliphatic carbocycles. The number of nitrogens with zero attached hydrogens (tertiary/aromatic N) is 1. The third kappa shape index (κ3) is 4.07. The van der Waals surface area contributed by atoms with Crippen LogP contribution in [0.3, 0.4) is 0 Å². The fraction of sp³-hybridized carbons (Fsp3) is 0.609. The number of nitrogens with one attached hydrogen (secondary N) is 2. The lowest BCUT2D eigenvalue weighted by Gasteiger charge is -2.27. The molecular weight excluding hydrogens is 398 g/mol. The van der Waals surface area contributed by atoms with Gasteiger partial charge in [0.2, 0.25) is 0 Å². The van der Waals surface area contributed by atoms with Crippen LogP contribution in [0.25, 0.3) is 0 Å². The molecule has 1 aliphatic heterocycles. The first-order valence-electron chi connectivity index (χ1n) is 11.4. The second kappa shape index (κ2) is 8.44. The van der Waals surface area contributed by atoms with E-state index in [2.05, 4.69) is 21.0 Å². The first-order valence-corrected chi connectivity index (χ1v) is 12.4. The number of aryl methyl sites for hydroxylation is 2. The summed E-state index contributed by atoms with van der Waals surface area (Å²) in [6.07, 6.45) is 12.3. The van der Waals surface area contributed by atoms with Gasteiger partial charge in [0.25, 0.3) is 5.91 Å². The molecule has 30 heavy (non-hydrogen) atoms. The molecule has 1 amide bonds. The monoisotopic (exact) mass is 428 g/mol. The summed E-state index contributed by atoms with van der Waals surface area (Å²) in [7, 11) is 0. The van der Waals surface area contributed by atoms with Crippen molar-refractivity contribution in [2.45, 2.75) is 70.3 Å². The van der Waals surface area contributed by atoms with Crippen molar-refractivity contribution >= 4 is 22.9 Å². The van der Waals surface area contributed by atoms with E-state index in [0.29, 0.717) is 5.57 Å². The lowest BCUT2D eigenvalue weighted by molar-refractivity contribution is -0.113. The zero-order valence-electron chi connectivity index (χ0n) is 17.4. The van der Waals surface area contributed by atoms with Gasteiger partial charge < -0.3 is 14.6 Å². The Labute approximate surface area is 180 Å². The van der Waals surface area contributed by atoms with Gasteiger partial charge >= 0.3 is 0 Å². The van der Waals surface area contributed by atoms with Crippen LogP contribution in [0.2, 0.25) is 0 Å². The van der Waals surface area contributed by atoms with Crippen molar-refractivity contribution in [2.75, 3.05) is 18.4 Å². The molecule has 6 nitrogen and oxygen atoms in total. The van der Waals surface area contributed by atoms with Gasteiger partial charge in [0.05, 0.1) is 5.57 Å². The summed E-state index contributed by atoms with van der Waals surface area (Å²) in [5.74, 6) is 0.576. The van der Waals surface area contributed by atoms with Crippen LogP contribution < -0.4 is 10.0 Å². The molecule has 5 rings (SSSR count). The molecule has 1 saturated carbocycles. The minimum Gasteiger partial charge on any atom is -0.755 e. The molecule has 2 unspecified atom stereocenters. The molecular formula is C23H30N3O3S-. The highest BCUT2D eigenvalue weighted by Gasteiger charge is 2.35. The van der Waals surface area contributed by atoms with Crippen LogP contribution >= 0.6 is 0 Å². The third-order valence-electron chi connectivity index (χ3n) is 7.20. The molecule has 1 aromatic rings. The number of hydrogen-bond acceptors (Lipinski definition) is 4. The van der Waals surface area contributed by atoms with Gasteiger partial charge in [-0.25, -0.2) is 0 Å². The quantitative estimate of drug-likeness (QED) is 0.517. The molecule has 2 atom stereocenters. The zero-order chi connectivity index (χ0) is 20.7. The van der Waals surface area contributed by atoms with Crippen LogP contribution in [-0.2, 0) is 41.7 Å². The zero-order valence-corrected chi connectivity index (χ0v) is 18.2. The highest BCUT2D eigenvalue weighted by atomic mass is 32.2. The van der Waals surface area contributed by atoms with Crippen molar-refractivity contribution in [1.29, 1.82) is 0 Å². The van der Waals surface area contributed by atoms with Gasteiger partial charge in [0, 0.05) is 35.7 Å². The van der Waals surface area contributed by atoms with E-state index >= 15 is 0 Å². The average Bonchev–Trinajstić information content (AvgIpc) is 3.11. The van der Waals surface area contributed by atoms with Crippen molar-refractivity contribution in [3.63, 3.8) is 0 Å². The van der Waals surface area contributed by atoms with Crippen molar-refractivity contribution < 1.29 is 13.6 Å². The number of benzene rings is 1. The topological polar surface area (TPSA) is 84.5 Å². The molecule has 2 N–H and O–H groups in total. The van der Waals surface area contributed by atoms with Crippen LogP contribution in [-0.4, -0.2) is 38.7 Å². The third-order valence-corrected chi connectivity index (χ3v) is 7.51. The highest BCUT2D eigenvalue weighted by molar-refractivity contribution is 7.77. The fourth-order valence-electron chi connectivity index (χ4n) is 5.61. The van der Waals surface area contributed by atoms with E-state index in [9.17, 15) is 13.6 Å². The SMILES string of the molecule is O=C(Nc1c2c(cc3c1CCC3)CCC2)C(=CNS(=O)[O-])C1CCCN1CC1CC1. The number of anilines is 1. The molecule has 4 aliphatic rings. The van der Waals surface area contributed by atoms with Crippen LogP contribution in [0.4, 0.5) is 5.69 Å². The molecule has 0 spiro atoms. The number of rotatable bonds is 7. The number of fused-ring (bicyclic) bond motifs is 2. The van der Waals surface area contributed by atoms with Crippen molar-refractivity contribution in [3.05, 3.63) is 40.1 Å². The molecule has 162 valence electrons. The van der Waals surface area contributed by atoms with Crippen molar-refractivity contribution in [2.24, 2.45) is 5.92 Å². The lowest BCUT2D eigenvalue weighted by Crippen LogP contribution is -2.37. The Balaban J connectivity index is 1.43. The highest BCUT2D eigenvalue weighted by Crippen LogP contribution is 2.39. The summed E-state index contributed by atoms with van der Waals surface area (Å²) in [6, 6.07) is 2.33. The fourth-order valence-corrected chi connectivity index (χ4v) is 5.83. The average molecular weight is 429 g/mol. The molecule has 0 aromatic heterocycles.